The molecule has 1 aromatic heterocycles. The van der Waals surface area contributed by atoms with Crippen LogP contribution in [0.3, 0.4) is 0 Å². The lowest BCUT2D eigenvalue weighted by molar-refractivity contribution is 0.0530. The summed E-state index contributed by atoms with van der Waals surface area (Å²) >= 11 is 0. The van der Waals surface area contributed by atoms with Gasteiger partial charge in [0.05, 0.1) is 0 Å². The van der Waals surface area contributed by atoms with Crippen molar-refractivity contribution in [1.29, 1.82) is 0 Å². The van der Waals surface area contributed by atoms with Gasteiger partial charge in [-0.15, -0.1) is 0 Å². The van der Waals surface area contributed by atoms with Gasteiger partial charge in [0.15, 0.2) is 0 Å². The van der Waals surface area contributed by atoms with Gasteiger partial charge in [-0.1, -0.05) is 12.2 Å². The number of hydrogen-bond donors (Lipinski definition) is 0. The Kier molecular flexibility index (Phi) is 2.01. The first kappa shape index (κ1) is 10.6. The molecule has 0 N–H and O–H groups in total. The third-order valence-corrected chi connectivity index (χ3v) is 2.86. The standard InChI is InChI=1S/C13H15NO3/c1-13(2,3)17-12(15)14-6-8-9(7-14)11-5-4-10(8)16-11/h4-7,10-11H,1-3H3/t10-,11+. The lowest BCUT2D eigenvalue weighted by atomic mass is 10.0. The summed E-state index contributed by atoms with van der Waals surface area (Å²) < 4.78 is 12.5. The Morgan fingerprint density at radius 1 is 1.24 bits per heavy atom. The van der Waals surface area contributed by atoms with Gasteiger partial charge in [0.1, 0.15) is 17.8 Å². The third-order valence-electron chi connectivity index (χ3n) is 2.86. The van der Waals surface area contributed by atoms with Crippen molar-refractivity contribution in [3.05, 3.63) is 35.7 Å². The molecule has 2 atom stereocenters. The van der Waals surface area contributed by atoms with Crippen molar-refractivity contribution in [2.45, 2.75) is 38.6 Å². The molecule has 0 spiro atoms. The van der Waals surface area contributed by atoms with E-state index < -0.39 is 5.60 Å². The highest BCUT2D eigenvalue weighted by Crippen LogP contribution is 2.46. The molecule has 0 saturated carbocycles. The van der Waals surface area contributed by atoms with Crippen LogP contribution in [0.1, 0.15) is 44.1 Å². The Morgan fingerprint density at radius 3 is 2.24 bits per heavy atom. The molecule has 0 fully saturated rings. The van der Waals surface area contributed by atoms with Crippen molar-refractivity contribution >= 4 is 6.09 Å². The number of carbonyl (C=O) groups is 1. The average molecular weight is 233 g/mol. The van der Waals surface area contributed by atoms with Gasteiger partial charge in [0.2, 0.25) is 0 Å². The quantitative estimate of drug-likeness (QED) is 0.647. The molecule has 90 valence electrons. The van der Waals surface area contributed by atoms with Gasteiger partial charge in [-0.2, -0.15) is 0 Å². The van der Waals surface area contributed by atoms with Gasteiger partial charge in [-0.25, -0.2) is 4.79 Å². The SMILES string of the molecule is CC(C)(C)OC(=O)n1cc2c(c1)[C@H]1C=C[C@@H]2O1. The minimum atomic E-state index is -0.473. The fraction of sp³-hybridized carbons (Fsp3) is 0.462. The molecule has 4 heteroatoms. The Hall–Kier alpha value is -1.55. The summed E-state index contributed by atoms with van der Waals surface area (Å²) in [5, 5.41) is 0. The van der Waals surface area contributed by atoms with E-state index in [1.165, 1.54) is 4.57 Å². The fourth-order valence-electron chi connectivity index (χ4n) is 2.19. The molecule has 17 heavy (non-hydrogen) atoms. The topological polar surface area (TPSA) is 40.5 Å². The maximum absolute atomic E-state index is 11.9. The van der Waals surface area contributed by atoms with Crippen LogP contribution in [0.4, 0.5) is 4.79 Å². The molecule has 0 radical (unpaired) electrons. The van der Waals surface area contributed by atoms with Crippen LogP contribution in [0.2, 0.25) is 0 Å². The molecule has 2 aliphatic heterocycles. The number of rotatable bonds is 0. The second-order valence-corrected chi connectivity index (χ2v) is 5.42. The molecule has 0 unspecified atom stereocenters. The van der Waals surface area contributed by atoms with Gasteiger partial charge < -0.3 is 9.47 Å². The smallest absolute Gasteiger partial charge is 0.418 e. The minimum absolute atomic E-state index is 0.0127. The van der Waals surface area contributed by atoms with Crippen LogP contribution in [0.25, 0.3) is 0 Å². The van der Waals surface area contributed by atoms with Gasteiger partial charge in [-0.3, -0.25) is 4.57 Å². The summed E-state index contributed by atoms with van der Waals surface area (Å²) in [4.78, 5) is 11.9. The molecule has 0 saturated heterocycles. The van der Waals surface area contributed by atoms with E-state index in [4.69, 9.17) is 9.47 Å². The van der Waals surface area contributed by atoms with Crippen LogP contribution >= 0.6 is 0 Å². The number of aromatic nitrogens is 1. The molecule has 2 bridgehead atoms. The molecule has 3 heterocycles. The van der Waals surface area contributed by atoms with Crippen LogP contribution < -0.4 is 0 Å². The van der Waals surface area contributed by atoms with Gasteiger partial charge >= 0.3 is 6.09 Å². The molecular weight excluding hydrogens is 218 g/mol. The molecule has 3 rings (SSSR count). The van der Waals surface area contributed by atoms with Crippen LogP contribution in [-0.4, -0.2) is 16.3 Å². The highest BCUT2D eigenvalue weighted by molar-refractivity contribution is 5.72. The molecule has 2 aliphatic rings. The van der Waals surface area contributed by atoms with Gasteiger partial charge in [0.25, 0.3) is 0 Å². The summed E-state index contributed by atoms with van der Waals surface area (Å²) in [6.07, 6.45) is 7.33. The monoisotopic (exact) mass is 233 g/mol. The van der Waals surface area contributed by atoms with Crippen molar-refractivity contribution in [3.63, 3.8) is 0 Å². The highest BCUT2D eigenvalue weighted by Gasteiger charge is 2.36. The Bertz CT molecular complexity index is 478. The van der Waals surface area contributed by atoms with Crippen molar-refractivity contribution < 1.29 is 14.3 Å². The third kappa shape index (κ3) is 1.69. The molecular formula is C13H15NO3. The maximum Gasteiger partial charge on any atom is 0.418 e. The summed E-state index contributed by atoms with van der Waals surface area (Å²) in [5.41, 5.74) is 1.67. The number of nitrogens with zero attached hydrogens (tertiary/aromatic N) is 1. The van der Waals surface area contributed by atoms with Crippen LogP contribution in [0.5, 0.6) is 0 Å². The zero-order chi connectivity index (χ0) is 12.2. The van der Waals surface area contributed by atoms with Crippen molar-refractivity contribution in [1.82, 2.24) is 4.57 Å². The maximum atomic E-state index is 11.9. The van der Waals surface area contributed by atoms with Crippen LogP contribution in [0.15, 0.2) is 24.5 Å². The predicted molar refractivity (Wildman–Crippen MR) is 61.8 cm³/mol. The largest absolute Gasteiger partial charge is 0.443 e. The van der Waals surface area contributed by atoms with E-state index in [1.54, 1.807) is 12.4 Å². The molecule has 0 amide bonds. The Balaban J connectivity index is 1.85. The summed E-state index contributed by atoms with van der Waals surface area (Å²) in [5.74, 6) is 0. The second-order valence-electron chi connectivity index (χ2n) is 5.42. The number of ether oxygens (including phenoxy) is 2. The van der Waals surface area contributed by atoms with Crippen molar-refractivity contribution in [2.75, 3.05) is 0 Å². The van der Waals surface area contributed by atoms with Crippen LogP contribution in [-0.2, 0) is 9.47 Å². The van der Waals surface area contributed by atoms with E-state index >= 15 is 0 Å². The van der Waals surface area contributed by atoms with E-state index in [0.717, 1.165) is 11.1 Å². The predicted octanol–water partition coefficient (Wildman–Crippen LogP) is 2.95. The Morgan fingerprint density at radius 2 is 1.76 bits per heavy atom. The average Bonchev–Trinajstić information content (AvgIpc) is 2.87. The first-order valence-corrected chi connectivity index (χ1v) is 5.73. The summed E-state index contributed by atoms with van der Waals surface area (Å²) in [6, 6.07) is 0. The molecule has 0 aliphatic carbocycles. The summed E-state index contributed by atoms with van der Waals surface area (Å²) in [6.45, 7) is 5.57. The van der Waals surface area contributed by atoms with E-state index in [-0.39, 0.29) is 18.3 Å². The van der Waals surface area contributed by atoms with E-state index in [0.29, 0.717) is 0 Å². The fourth-order valence-corrected chi connectivity index (χ4v) is 2.19. The van der Waals surface area contributed by atoms with Gasteiger partial charge in [0, 0.05) is 23.5 Å². The van der Waals surface area contributed by atoms with Gasteiger partial charge in [-0.05, 0) is 20.8 Å². The minimum Gasteiger partial charge on any atom is -0.443 e. The van der Waals surface area contributed by atoms with Crippen LogP contribution in [0, 0.1) is 0 Å². The number of hydrogen-bond acceptors (Lipinski definition) is 3. The molecule has 4 nitrogen and oxygen atoms in total. The van der Waals surface area contributed by atoms with E-state index in [9.17, 15) is 4.79 Å². The highest BCUT2D eigenvalue weighted by atomic mass is 16.6. The van der Waals surface area contributed by atoms with Crippen molar-refractivity contribution in [3.8, 4) is 0 Å². The second kappa shape index (κ2) is 3.23. The normalized spacial score (nSPS) is 25.1. The lowest BCUT2D eigenvalue weighted by Crippen LogP contribution is -2.26. The number of fused-ring (bicyclic) bond motifs is 5. The lowest BCUT2D eigenvalue weighted by Gasteiger charge is -2.19. The molecule has 0 aromatic carbocycles. The number of carbonyl (C=O) groups excluding carboxylic acids is 1. The summed E-state index contributed by atoms with van der Waals surface area (Å²) in [7, 11) is 0. The zero-order valence-electron chi connectivity index (χ0n) is 10.1. The van der Waals surface area contributed by atoms with E-state index in [1.807, 2.05) is 32.9 Å². The Labute approximate surface area is 99.8 Å². The van der Waals surface area contributed by atoms with Crippen molar-refractivity contribution in [2.24, 2.45) is 0 Å². The molecule has 1 aromatic rings. The first-order chi connectivity index (χ1) is 7.94. The first-order valence-electron chi connectivity index (χ1n) is 5.73. The zero-order valence-corrected chi connectivity index (χ0v) is 10.1. The van der Waals surface area contributed by atoms with E-state index in [2.05, 4.69) is 0 Å².